The molecular formula is C29H22Cl3N3O6S. The van der Waals surface area contributed by atoms with Gasteiger partial charge in [-0.1, -0.05) is 71.2 Å². The molecule has 0 aliphatic rings. The number of rotatable bonds is 9. The van der Waals surface area contributed by atoms with E-state index in [4.69, 9.17) is 34.8 Å². The van der Waals surface area contributed by atoms with Crippen LogP contribution in [0.2, 0.25) is 15.1 Å². The van der Waals surface area contributed by atoms with Crippen molar-refractivity contribution in [2.24, 2.45) is 0 Å². The second kappa shape index (κ2) is 13.3. The number of hydrogen-bond acceptors (Lipinski definition) is 5. The van der Waals surface area contributed by atoms with Crippen LogP contribution in [-0.4, -0.2) is 37.5 Å². The zero-order valence-corrected chi connectivity index (χ0v) is 24.6. The lowest BCUT2D eigenvalue weighted by molar-refractivity contribution is -0.139. The Balaban J connectivity index is 1.45. The van der Waals surface area contributed by atoms with Crippen molar-refractivity contribution in [3.05, 3.63) is 117 Å². The maximum absolute atomic E-state index is 13.2. The van der Waals surface area contributed by atoms with Crippen LogP contribution < -0.4 is 16.0 Å². The summed E-state index contributed by atoms with van der Waals surface area (Å²) in [6.45, 7) is 0. The summed E-state index contributed by atoms with van der Waals surface area (Å²) in [7, 11) is -4.02. The van der Waals surface area contributed by atoms with Crippen molar-refractivity contribution in [1.82, 2.24) is 5.32 Å². The van der Waals surface area contributed by atoms with Gasteiger partial charge >= 0.3 is 12.0 Å². The maximum atomic E-state index is 13.2. The molecule has 4 aromatic rings. The molecule has 4 N–H and O–H groups in total. The van der Waals surface area contributed by atoms with E-state index in [9.17, 15) is 27.9 Å². The van der Waals surface area contributed by atoms with Crippen LogP contribution in [0.4, 0.5) is 16.2 Å². The lowest BCUT2D eigenvalue weighted by Gasteiger charge is -2.17. The molecule has 0 radical (unpaired) electrons. The molecule has 13 heteroatoms. The van der Waals surface area contributed by atoms with Crippen LogP contribution in [-0.2, 0) is 21.1 Å². The summed E-state index contributed by atoms with van der Waals surface area (Å²) in [6.07, 6.45) is -0.113. The van der Waals surface area contributed by atoms with Crippen molar-refractivity contribution in [1.29, 1.82) is 0 Å². The van der Waals surface area contributed by atoms with Gasteiger partial charge in [0.05, 0.1) is 31.1 Å². The smallest absolute Gasteiger partial charge is 0.326 e. The molecule has 0 aromatic heterocycles. The number of carboxylic acid groups (broad SMARTS) is 1. The number of carboxylic acids is 1. The molecule has 9 nitrogen and oxygen atoms in total. The van der Waals surface area contributed by atoms with Gasteiger partial charge in [0.1, 0.15) is 6.04 Å². The average molecular weight is 647 g/mol. The number of amides is 3. The molecule has 0 spiro atoms. The van der Waals surface area contributed by atoms with Gasteiger partial charge in [-0.05, 0) is 60.2 Å². The van der Waals surface area contributed by atoms with Crippen LogP contribution in [0, 0.1) is 0 Å². The fraction of sp³-hybridized carbons (Fsp3) is 0.0690. The highest BCUT2D eigenvalue weighted by atomic mass is 35.5. The van der Waals surface area contributed by atoms with E-state index in [1.54, 1.807) is 48.5 Å². The number of benzene rings is 4. The molecule has 0 saturated heterocycles. The molecule has 1 unspecified atom stereocenters. The Hall–Kier alpha value is -4.09. The standard InChI is InChI=1S/C29H22Cl3N3O6S/c30-18-11-14-25(42(40,41)20-5-2-1-3-6-20)23(16-18)34-29(39)35-24(28(37)38)15-17-9-12-19(13-10-17)33-27(36)26-21(31)7-4-8-22(26)32/h1-14,16,24H,15H2,(H,33,36)(H,37,38)(H2,34,35,39). The van der Waals surface area contributed by atoms with Crippen molar-refractivity contribution in [3.63, 3.8) is 0 Å². The molecule has 0 fully saturated rings. The van der Waals surface area contributed by atoms with Gasteiger partial charge in [-0.15, -0.1) is 0 Å². The van der Waals surface area contributed by atoms with E-state index in [0.717, 1.165) is 0 Å². The Bertz CT molecular complexity index is 1730. The van der Waals surface area contributed by atoms with Gasteiger partial charge in [0.15, 0.2) is 0 Å². The van der Waals surface area contributed by atoms with Crippen LogP contribution in [0.1, 0.15) is 15.9 Å². The van der Waals surface area contributed by atoms with E-state index in [1.807, 2.05) is 0 Å². The third-order valence-electron chi connectivity index (χ3n) is 5.98. The zero-order valence-electron chi connectivity index (χ0n) is 21.5. The summed E-state index contributed by atoms with van der Waals surface area (Å²) < 4.78 is 26.4. The van der Waals surface area contributed by atoms with Crippen molar-refractivity contribution in [3.8, 4) is 0 Å². The molecule has 0 aliphatic carbocycles. The number of urea groups is 1. The first kappa shape index (κ1) is 30.9. The molecule has 3 amide bonds. The first-order valence-electron chi connectivity index (χ1n) is 12.2. The normalized spacial score (nSPS) is 11.8. The molecule has 42 heavy (non-hydrogen) atoms. The number of hydrogen-bond donors (Lipinski definition) is 4. The van der Waals surface area contributed by atoms with Gasteiger partial charge in [-0.2, -0.15) is 0 Å². The van der Waals surface area contributed by atoms with E-state index in [-0.39, 0.29) is 42.5 Å². The van der Waals surface area contributed by atoms with Gasteiger partial charge in [0, 0.05) is 17.1 Å². The van der Waals surface area contributed by atoms with Gasteiger partial charge in [0.2, 0.25) is 9.84 Å². The molecule has 4 rings (SSSR count). The zero-order chi connectivity index (χ0) is 30.4. The van der Waals surface area contributed by atoms with Gasteiger partial charge in [0.25, 0.3) is 5.91 Å². The fourth-order valence-corrected chi connectivity index (χ4v) is 6.10. The monoisotopic (exact) mass is 645 g/mol. The predicted molar refractivity (Wildman–Crippen MR) is 161 cm³/mol. The first-order valence-corrected chi connectivity index (χ1v) is 14.8. The second-order valence-electron chi connectivity index (χ2n) is 8.90. The van der Waals surface area contributed by atoms with Crippen LogP contribution in [0.25, 0.3) is 0 Å². The van der Waals surface area contributed by atoms with Crippen molar-refractivity contribution < 1.29 is 27.9 Å². The molecule has 1 atom stereocenters. The SMILES string of the molecule is O=C(Nc1cc(Cl)ccc1S(=O)(=O)c1ccccc1)NC(Cc1ccc(NC(=O)c2c(Cl)cccc2Cl)cc1)C(=O)O. The lowest BCUT2D eigenvalue weighted by atomic mass is 10.1. The van der Waals surface area contributed by atoms with E-state index in [2.05, 4.69) is 16.0 Å². The lowest BCUT2D eigenvalue weighted by Crippen LogP contribution is -2.44. The molecule has 4 aromatic carbocycles. The number of halogens is 3. The van der Waals surface area contributed by atoms with Crippen LogP contribution in [0.15, 0.2) is 101 Å². The Morgan fingerprint density at radius 1 is 0.786 bits per heavy atom. The quantitative estimate of drug-likeness (QED) is 0.163. The molecule has 216 valence electrons. The number of aliphatic carboxylic acids is 1. The van der Waals surface area contributed by atoms with Crippen LogP contribution >= 0.6 is 34.8 Å². The van der Waals surface area contributed by atoms with E-state index in [0.29, 0.717) is 11.3 Å². The first-order chi connectivity index (χ1) is 20.0. The summed E-state index contributed by atoms with van der Waals surface area (Å²) in [5.74, 6) is -1.84. The average Bonchev–Trinajstić information content (AvgIpc) is 2.94. The van der Waals surface area contributed by atoms with E-state index >= 15 is 0 Å². The van der Waals surface area contributed by atoms with E-state index < -0.39 is 33.8 Å². The minimum absolute atomic E-state index is 0.00814. The summed E-state index contributed by atoms with van der Waals surface area (Å²) >= 11 is 18.2. The fourth-order valence-electron chi connectivity index (χ4n) is 3.95. The van der Waals surface area contributed by atoms with Crippen LogP contribution in [0.3, 0.4) is 0 Å². The van der Waals surface area contributed by atoms with E-state index in [1.165, 1.54) is 42.5 Å². The van der Waals surface area contributed by atoms with Crippen molar-refractivity contribution in [2.45, 2.75) is 22.3 Å². The van der Waals surface area contributed by atoms with Gasteiger partial charge in [-0.3, -0.25) is 4.79 Å². The van der Waals surface area contributed by atoms with Crippen LogP contribution in [0.5, 0.6) is 0 Å². The molecule has 0 bridgehead atoms. The highest BCUT2D eigenvalue weighted by molar-refractivity contribution is 7.91. The Morgan fingerprint density at radius 2 is 1.43 bits per heavy atom. The van der Waals surface area contributed by atoms with Crippen molar-refractivity contribution in [2.75, 3.05) is 10.6 Å². The van der Waals surface area contributed by atoms with Gasteiger partial charge < -0.3 is 21.1 Å². The Labute approximate surface area is 256 Å². The minimum Gasteiger partial charge on any atom is -0.480 e. The summed E-state index contributed by atoms with van der Waals surface area (Å²) in [5, 5.41) is 17.7. The van der Waals surface area contributed by atoms with Gasteiger partial charge in [-0.25, -0.2) is 18.0 Å². The highest BCUT2D eigenvalue weighted by Crippen LogP contribution is 2.30. The number of carbonyl (C=O) groups is 3. The number of sulfone groups is 1. The molecule has 0 aliphatic heterocycles. The second-order valence-corrected chi connectivity index (χ2v) is 12.1. The molecular weight excluding hydrogens is 625 g/mol. The van der Waals surface area contributed by atoms with Crippen molar-refractivity contribution >= 4 is 73.9 Å². The highest BCUT2D eigenvalue weighted by Gasteiger charge is 2.25. The third-order valence-corrected chi connectivity index (χ3v) is 8.67. The minimum atomic E-state index is -4.02. The largest absolute Gasteiger partial charge is 0.480 e. The molecule has 0 heterocycles. The summed E-state index contributed by atoms with van der Waals surface area (Å²) in [4.78, 5) is 37.2. The number of carbonyl (C=O) groups excluding carboxylic acids is 2. The predicted octanol–water partition coefficient (Wildman–Crippen LogP) is 6.55. The number of anilines is 2. The topological polar surface area (TPSA) is 142 Å². The summed E-state index contributed by atoms with van der Waals surface area (Å²) in [5.41, 5.74) is 0.939. The maximum Gasteiger partial charge on any atom is 0.326 e. The Morgan fingerprint density at radius 3 is 2.05 bits per heavy atom. The number of nitrogens with one attached hydrogen (secondary N) is 3. The third kappa shape index (κ3) is 7.40. The summed E-state index contributed by atoms with van der Waals surface area (Å²) in [6, 6.07) is 20.2. The Kier molecular flexibility index (Phi) is 9.74. The molecule has 0 saturated carbocycles.